The van der Waals surface area contributed by atoms with Crippen molar-refractivity contribution < 1.29 is 14.3 Å². The number of nitrogens with two attached hydrogens (primary N) is 1. The molecule has 2 N–H and O–H groups in total. The molecule has 0 radical (unpaired) electrons. The number of carbonyl (C=O) groups is 1. The smallest absolute Gasteiger partial charge is 0.328 e. The van der Waals surface area contributed by atoms with Crippen LogP contribution in [0.15, 0.2) is 54.6 Å². The van der Waals surface area contributed by atoms with Crippen LogP contribution in [-0.2, 0) is 11.4 Å². The maximum absolute atomic E-state index is 12.0. The van der Waals surface area contributed by atoms with Crippen molar-refractivity contribution >= 4 is 5.97 Å². The minimum Gasteiger partial charge on any atom is -0.489 e. The van der Waals surface area contributed by atoms with Crippen molar-refractivity contribution in [2.24, 2.45) is 11.7 Å². The second kappa shape index (κ2) is 8.34. The molecule has 0 heterocycles. The van der Waals surface area contributed by atoms with Crippen molar-refractivity contribution in [1.29, 1.82) is 0 Å². The Kier molecular flexibility index (Phi) is 6.18. The number of hydrogen-bond acceptors (Lipinski definition) is 4. The number of esters is 1. The molecule has 4 nitrogen and oxygen atoms in total. The van der Waals surface area contributed by atoms with Gasteiger partial charge < -0.3 is 15.2 Å². The van der Waals surface area contributed by atoms with Gasteiger partial charge in [-0.3, -0.25) is 0 Å². The predicted octanol–water partition coefficient (Wildman–Crippen LogP) is 3.54. The van der Waals surface area contributed by atoms with Gasteiger partial charge in [-0.15, -0.1) is 0 Å². The molecule has 2 aromatic rings. The molecule has 0 bridgehead atoms. The monoisotopic (exact) mass is 313 g/mol. The standard InChI is InChI=1S/C19H23NO3/c1-14(2)11-18(20)19(21)23-17-10-6-9-16(12-17)22-13-15-7-4-3-5-8-15/h3-10,12,14,18H,11,13,20H2,1-2H3. The van der Waals surface area contributed by atoms with Crippen molar-refractivity contribution in [3.8, 4) is 11.5 Å². The molecule has 4 heteroatoms. The Morgan fingerprint density at radius 1 is 1.04 bits per heavy atom. The van der Waals surface area contributed by atoms with E-state index in [1.807, 2.05) is 50.2 Å². The SMILES string of the molecule is CC(C)CC(N)C(=O)Oc1cccc(OCc2ccccc2)c1. The third-order valence-corrected chi connectivity index (χ3v) is 3.30. The normalized spacial score (nSPS) is 12.0. The summed E-state index contributed by atoms with van der Waals surface area (Å²) in [6, 6.07) is 16.3. The van der Waals surface area contributed by atoms with Crippen LogP contribution in [0.1, 0.15) is 25.8 Å². The summed E-state index contributed by atoms with van der Waals surface area (Å²) < 4.78 is 11.0. The predicted molar refractivity (Wildman–Crippen MR) is 90.3 cm³/mol. The van der Waals surface area contributed by atoms with Gasteiger partial charge in [0, 0.05) is 6.07 Å². The first-order chi connectivity index (χ1) is 11.0. The Bertz CT molecular complexity index is 626. The van der Waals surface area contributed by atoms with Crippen LogP contribution in [-0.4, -0.2) is 12.0 Å². The van der Waals surface area contributed by atoms with E-state index in [1.54, 1.807) is 18.2 Å². The minimum atomic E-state index is -0.608. The van der Waals surface area contributed by atoms with Crippen LogP contribution in [0, 0.1) is 5.92 Å². The first-order valence-electron chi connectivity index (χ1n) is 7.78. The Morgan fingerprint density at radius 2 is 1.74 bits per heavy atom. The molecule has 0 amide bonds. The summed E-state index contributed by atoms with van der Waals surface area (Å²) in [5.74, 6) is 1.02. The molecule has 2 rings (SSSR count). The van der Waals surface area contributed by atoms with Crippen LogP contribution < -0.4 is 15.2 Å². The summed E-state index contributed by atoms with van der Waals surface area (Å²) in [6.07, 6.45) is 0.600. The van der Waals surface area contributed by atoms with Gasteiger partial charge in [0.2, 0.25) is 0 Å². The van der Waals surface area contributed by atoms with Crippen molar-refractivity contribution in [1.82, 2.24) is 0 Å². The maximum Gasteiger partial charge on any atom is 0.328 e. The zero-order valence-corrected chi connectivity index (χ0v) is 13.6. The highest BCUT2D eigenvalue weighted by atomic mass is 16.5. The lowest BCUT2D eigenvalue weighted by atomic mass is 10.1. The first-order valence-corrected chi connectivity index (χ1v) is 7.78. The van der Waals surface area contributed by atoms with Crippen LogP contribution in [0.25, 0.3) is 0 Å². The second-order valence-electron chi connectivity index (χ2n) is 5.91. The van der Waals surface area contributed by atoms with Crippen molar-refractivity contribution in [3.05, 3.63) is 60.2 Å². The molecular weight excluding hydrogens is 290 g/mol. The first kappa shape index (κ1) is 17.0. The summed E-state index contributed by atoms with van der Waals surface area (Å²) in [4.78, 5) is 12.0. The number of ether oxygens (including phenoxy) is 2. The van der Waals surface area contributed by atoms with Crippen LogP contribution >= 0.6 is 0 Å². The van der Waals surface area contributed by atoms with Crippen molar-refractivity contribution in [3.63, 3.8) is 0 Å². The van der Waals surface area contributed by atoms with Crippen LogP contribution in [0.4, 0.5) is 0 Å². The van der Waals surface area contributed by atoms with Crippen molar-refractivity contribution in [2.75, 3.05) is 0 Å². The van der Waals surface area contributed by atoms with Crippen molar-refractivity contribution in [2.45, 2.75) is 32.9 Å². The van der Waals surface area contributed by atoms with E-state index >= 15 is 0 Å². The lowest BCUT2D eigenvalue weighted by molar-refractivity contribution is -0.136. The average Bonchev–Trinajstić information content (AvgIpc) is 2.53. The fraction of sp³-hybridized carbons (Fsp3) is 0.316. The molecule has 2 aromatic carbocycles. The maximum atomic E-state index is 12.0. The van der Waals surface area contributed by atoms with E-state index < -0.39 is 12.0 Å². The van der Waals surface area contributed by atoms with Gasteiger partial charge in [0.1, 0.15) is 24.1 Å². The third kappa shape index (κ3) is 5.75. The molecule has 0 aliphatic heterocycles. The highest BCUT2D eigenvalue weighted by Gasteiger charge is 2.17. The van der Waals surface area contributed by atoms with Gasteiger partial charge >= 0.3 is 5.97 Å². The zero-order chi connectivity index (χ0) is 16.7. The lowest BCUT2D eigenvalue weighted by Gasteiger charge is -2.13. The molecule has 0 saturated heterocycles. The molecule has 122 valence electrons. The van der Waals surface area contributed by atoms with E-state index in [4.69, 9.17) is 15.2 Å². The quantitative estimate of drug-likeness (QED) is 0.627. The molecule has 0 fully saturated rings. The van der Waals surface area contributed by atoms with E-state index in [9.17, 15) is 4.79 Å². The van der Waals surface area contributed by atoms with Crippen LogP contribution in [0.2, 0.25) is 0 Å². The molecule has 1 unspecified atom stereocenters. The summed E-state index contributed by atoms with van der Waals surface area (Å²) in [6.45, 7) is 4.50. The number of rotatable bonds is 7. The van der Waals surface area contributed by atoms with Gasteiger partial charge in [-0.1, -0.05) is 50.2 Å². The molecule has 0 saturated carbocycles. The molecule has 23 heavy (non-hydrogen) atoms. The van der Waals surface area contributed by atoms with E-state index in [1.165, 1.54) is 0 Å². The molecule has 0 aliphatic rings. The van der Waals surface area contributed by atoms with E-state index in [2.05, 4.69) is 0 Å². The van der Waals surface area contributed by atoms with E-state index in [-0.39, 0.29) is 0 Å². The van der Waals surface area contributed by atoms with Gasteiger partial charge in [0.05, 0.1) is 0 Å². The largest absolute Gasteiger partial charge is 0.489 e. The summed E-state index contributed by atoms with van der Waals surface area (Å²) >= 11 is 0. The molecule has 0 aliphatic carbocycles. The molecule has 0 aromatic heterocycles. The fourth-order valence-electron chi connectivity index (χ4n) is 2.16. The second-order valence-corrected chi connectivity index (χ2v) is 5.91. The lowest BCUT2D eigenvalue weighted by Crippen LogP contribution is -2.35. The van der Waals surface area contributed by atoms with Gasteiger partial charge in [0.15, 0.2) is 0 Å². The van der Waals surface area contributed by atoms with Crippen LogP contribution in [0.3, 0.4) is 0 Å². The zero-order valence-electron chi connectivity index (χ0n) is 13.6. The van der Waals surface area contributed by atoms with Gasteiger partial charge in [-0.05, 0) is 30.0 Å². The van der Waals surface area contributed by atoms with Gasteiger partial charge in [-0.2, -0.15) is 0 Å². The Morgan fingerprint density at radius 3 is 2.43 bits per heavy atom. The Hall–Kier alpha value is -2.33. The average molecular weight is 313 g/mol. The Balaban J connectivity index is 1.93. The molecular formula is C19H23NO3. The summed E-state index contributed by atoms with van der Waals surface area (Å²) in [5, 5.41) is 0. The van der Waals surface area contributed by atoms with E-state index in [0.29, 0.717) is 30.4 Å². The fourth-order valence-corrected chi connectivity index (χ4v) is 2.16. The highest BCUT2D eigenvalue weighted by molar-refractivity contribution is 5.78. The van der Waals surface area contributed by atoms with E-state index in [0.717, 1.165) is 5.56 Å². The third-order valence-electron chi connectivity index (χ3n) is 3.30. The Labute approximate surface area is 137 Å². The highest BCUT2D eigenvalue weighted by Crippen LogP contribution is 2.21. The number of carbonyl (C=O) groups excluding carboxylic acids is 1. The van der Waals surface area contributed by atoms with Gasteiger partial charge in [0.25, 0.3) is 0 Å². The van der Waals surface area contributed by atoms with Gasteiger partial charge in [-0.25, -0.2) is 4.79 Å². The number of hydrogen-bond donors (Lipinski definition) is 1. The minimum absolute atomic E-state index is 0.345. The number of benzene rings is 2. The molecule has 0 spiro atoms. The summed E-state index contributed by atoms with van der Waals surface area (Å²) in [5.41, 5.74) is 6.91. The summed E-state index contributed by atoms with van der Waals surface area (Å²) in [7, 11) is 0. The molecule has 1 atom stereocenters. The topological polar surface area (TPSA) is 61.6 Å². The van der Waals surface area contributed by atoms with Crippen LogP contribution in [0.5, 0.6) is 11.5 Å².